The molecule has 0 atom stereocenters. The van der Waals surface area contributed by atoms with Gasteiger partial charge < -0.3 is 11.1 Å². The maximum atomic E-state index is 10.7. The SMILES string of the molecule is CC(=O)CC(C)=NCCNCCCN. The average molecular weight is 199 g/mol. The van der Waals surface area contributed by atoms with Crippen molar-refractivity contribution in [2.24, 2.45) is 10.7 Å². The van der Waals surface area contributed by atoms with Crippen molar-refractivity contribution in [2.75, 3.05) is 26.2 Å². The fourth-order valence-corrected chi connectivity index (χ4v) is 1.09. The minimum Gasteiger partial charge on any atom is -0.330 e. The van der Waals surface area contributed by atoms with E-state index < -0.39 is 0 Å². The predicted molar refractivity (Wildman–Crippen MR) is 59.8 cm³/mol. The minimum atomic E-state index is 0.169. The van der Waals surface area contributed by atoms with Crippen LogP contribution in [-0.4, -0.2) is 37.7 Å². The van der Waals surface area contributed by atoms with Crippen LogP contribution in [0.1, 0.15) is 26.7 Å². The topological polar surface area (TPSA) is 67.5 Å². The average Bonchev–Trinajstić information content (AvgIpc) is 2.10. The molecule has 0 spiro atoms. The molecule has 4 heteroatoms. The van der Waals surface area contributed by atoms with Gasteiger partial charge in [0.15, 0.2) is 0 Å². The molecule has 0 aliphatic carbocycles. The van der Waals surface area contributed by atoms with E-state index in [1.807, 2.05) is 6.92 Å². The number of nitrogens with one attached hydrogen (secondary N) is 1. The highest BCUT2D eigenvalue weighted by Gasteiger charge is 1.95. The van der Waals surface area contributed by atoms with E-state index in [0.717, 1.165) is 38.3 Å². The molecule has 0 radical (unpaired) electrons. The number of rotatable bonds is 8. The van der Waals surface area contributed by atoms with Crippen molar-refractivity contribution in [1.29, 1.82) is 0 Å². The van der Waals surface area contributed by atoms with Crippen molar-refractivity contribution >= 4 is 11.5 Å². The molecule has 0 bridgehead atoms. The van der Waals surface area contributed by atoms with E-state index in [1.165, 1.54) is 0 Å². The summed E-state index contributed by atoms with van der Waals surface area (Å²) in [6, 6.07) is 0. The third-order valence-electron chi connectivity index (χ3n) is 1.73. The second kappa shape index (κ2) is 8.84. The maximum absolute atomic E-state index is 10.7. The first-order valence-electron chi connectivity index (χ1n) is 5.07. The molecule has 0 saturated heterocycles. The molecule has 0 unspecified atom stereocenters. The van der Waals surface area contributed by atoms with Crippen LogP contribution in [0.5, 0.6) is 0 Å². The fourth-order valence-electron chi connectivity index (χ4n) is 1.09. The standard InChI is InChI=1S/C10H21N3O/c1-9(8-10(2)14)13-7-6-12-5-3-4-11/h12H,3-8,11H2,1-2H3. The summed E-state index contributed by atoms with van der Waals surface area (Å²) >= 11 is 0. The monoisotopic (exact) mass is 199 g/mol. The van der Waals surface area contributed by atoms with Crippen LogP contribution in [0, 0.1) is 0 Å². The summed E-state index contributed by atoms with van der Waals surface area (Å²) in [6.45, 7) is 6.73. The number of carbonyl (C=O) groups is 1. The summed E-state index contributed by atoms with van der Waals surface area (Å²) in [6.07, 6.45) is 1.47. The third kappa shape index (κ3) is 9.35. The van der Waals surface area contributed by atoms with Crippen molar-refractivity contribution < 1.29 is 4.79 Å². The van der Waals surface area contributed by atoms with Gasteiger partial charge in [0.25, 0.3) is 0 Å². The van der Waals surface area contributed by atoms with E-state index in [4.69, 9.17) is 5.73 Å². The maximum Gasteiger partial charge on any atom is 0.135 e. The Kier molecular flexibility index (Phi) is 8.37. The fraction of sp³-hybridized carbons (Fsp3) is 0.800. The first kappa shape index (κ1) is 13.3. The molecule has 0 aromatic heterocycles. The molecule has 0 aromatic carbocycles. The normalized spacial score (nSPS) is 11.8. The van der Waals surface area contributed by atoms with Gasteiger partial charge in [0.2, 0.25) is 0 Å². The van der Waals surface area contributed by atoms with Crippen LogP contribution in [-0.2, 0) is 4.79 Å². The van der Waals surface area contributed by atoms with Crippen LogP contribution in [0.4, 0.5) is 0 Å². The molecule has 14 heavy (non-hydrogen) atoms. The molecule has 3 N–H and O–H groups in total. The van der Waals surface area contributed by atoms with Crippen LogP contribution in [0.15, 0.2) is 4.99 Å². The van der Waals surface area contributed by atoms with Gasteiger partial charge in [-0.3, -0.25) is 9.79 Å². The van der Waals surface area contributed by atoms with Gasteiger partial charge in [0.05, 0.1) is 6.54 Å². The summed E-state index contributed by atoms with van der Waals surface area (Å²) in [7, 11) is 0. The first-order chi connectivity index (χ1) is 6.66. The van der Waals surface area contributed by atoms with Crippen LogP contribution < -0.4 is 11.1 Å². The summed E-state index contributed by atoms with van der Waals surface area (Å²) in [5.74, 6) is 0.169. The zero-order valence-corrected chi connectivity index (χ0v) is 9.18. The molecule has 0 saturated carbocycles. The number of carbonyl (C=O) groups excluding carboxylic acids is 1. The molecule has 0 heterocycles. The highest BCUT2D eigenvalue weighted by Crippen LogP contribution is 1.87. The Morgan fingerprint density at radius 2 is 2.07 bits per heavy atom. The van der Waals surface area contributed by atoms with Gasteiger partial charge in [-0.1, -0.05) is 0 Å². The molecule has 0 aliphatic rings. The van der Waals surface area contributed by atoms with Gasteiger partial charge in [-0.15, -0.1) is 0 Å². The van der Waals surface area contributed by atoms with Gasteiger partial charge in [0.1, 0.15) is 5.78 Å². The Morgan fingerprint density at radius 3 is 2.64 bits per heavy atom. The lowest BCUT2D eigenvalue weighted by Gasteiger charge is -2.01. The summed E-state index contributed by atoms with van der Waals surface area (Å²) in [4.78, 5) is 15.0. The zero-order valence-electron chi connectivity index (χ0n) is 9.18. The van der Waals surface area contributed by atoms with E-state index in [1.54, 1.807) is 6.92 Å². The van der Waals surface area contributed by atoms with Gasteiger partial charge >= 0.3 is 0 Å². The van der Waals surface area contributed by atoms with Gasteiger partial charge in [-0.25, -0.2) is 0 Å². The molecular formula is C10H21N3O. The van der Waals surface area contributed by atoms with Crippen molar-refractivity contribution in [3.05, 3.63) is 0 Å². The van der Waals surface area contributed by atoms with E-state index in [9.17, 15) is 4.79 Å². The van der Waals surface area contributed by atoms with Gasteiger partial charge in [-0.2, -0.15) is 0 Å². The molecular weight excluding hydrogens is 178 g/mol. The molecule has 0 amide bonds. The lowest BCUT2D eigenvalue weighted by Crippen LogP contribution is -2.21. The second-order valence-electron chi connectivity index (χ2n) is 3.39. The smallest absolute Gasteiger partial charge is 0.135 e. The molecule has 0 aliphatic heterocycles. The Labute approximate surface area is 86.0 Å². The van der Waals surface area contributed by atoms with Crippen molar-refractivity contribution in [3.63, 3.8) is 0 Å². The summed E-state index contributed by atoms with van der Waals surface area (Å²) in [5, 5.41) is 3.22. The van der Waals surface area contributed by atoms with Gasteiger partial charge in [-0.05, 0) is 33.4 Å². The zero-order chi connectivity index (χ0) is 10.8. The summed E-state index contributed by atoms with van der Waals surface area (Å²) < 4.78 is 0. The van der Waals surface area contributed by atoms with E-state index in [-0.39, 0.29) is 5.78 Å². The number of hydrogen-bond acceptors (Lipinski definition) is 4. The Bertz CT molecular complexity index is 190. The molecule has 4 nitrogen and oxygen atoms in total. The highest BCUT2D eigenvalue weighted by molar-refractivity contribution is 5.99. The Balaban J connectivity index is 3.36. The number of ketones is 1. The molecule has 0 fully saturated rings. The van der Waals surface area contributed by atoms with Crippen LogP contribution in [0.2, 0.25) is 0 Å². The van der Waals surface area contributed by atoms with Crippen LogP contribution in [0.3, 0.4) is 0 Å². The second-order valence-corrected chi connectivity index (χ2v) is 3.39. The number of Topliss-reactive ketones (excluding diaryl/α,β-unsaturated/α-hetero) is 1. The highest BCUT2D eigenvalue weighted by atomic mass is 16.1. The number of aliphatic imine (C=N–C) groups is 1. The van der Waals surface area contributed by atoms with Crippen molar-refractivity contribution in [1.82, 2.24) is 5.32 Å². The molecule has 82 valence electrons. The minimum absolute atomic E-state index is 0.169. The number of hydrogen-bond donors (Lipinski definition) is 2. The Hall–Kier alpha value is -0.740. The van der Waals surface area contributed by atoms with E-state index in [0.29, 0.717) is 6.42 Å². The van der Waals surface area contributed by atoms with Crippen molar-refractivity contribution in [2.45, 2.75) is 26.7 Å². The van der Waals surface area contributed by atoms with Crippen LogP contribution in [0.25, 0.3) is 0 Å². The predicted octanol–water partition coefficient (Wildman–Crippen LogP) is 0.365. The van der Waals surface area contributed by atoms with Crippen molar-refractivity contribution in [3.8, 4) is 0 Å². The Morgan fingerprint density at radius 1 is 1.36 bits per heavy atom. The van der Waals surface area contributed by atoms with E-state index >= 15 is 0 Å². The quantitative estimate of drug-likeness (QED) is 0.438. The third-order valence-corrected chi connectivity index (χ3v) is 1.73. The lowest BCUT2D eigenvalue weighted by atomic mass is 10.2. The summed E-state index contributed by atoms with van der Waals surface area (Å²) in [5.41, 5.74) is 6.26. The number of nitrogens with zero attached hydrogens (tertiary/aromatic N) is 1. The van der Waals surface area contributed by atoms with Crippen LogP contribution >= 0.6 is 0 Å². The van der Waals surface area contributed by atoms with E-state index in [2.05, 4.69) is 10.3 Å². The lowest BCUT2D eigenvalue weighted by molar-refractivity contribution is -0.115. The molecule has 0 rings (SSSR count). The largest absolute Gasteiger partial charge is 0.330 e. The molecule has 0 aromatic rings. The first-order valence-corrected chi connectivity index (χ1v) is 5.07. The van der Waals surface area contributed by atoms with Gasteiger partial charge in [0, 0.05) is 18.7 Å². The number of nitrogens with two attached hydrogens (primary N) is 1.